The van der Waals surface area contributed by atoms with Gasteiger partial charge in [-0.05, 0) is 69.0 Å². The molecular formula is C17H30N2. The number of likely N-dealkylation sites (N-methyl/N-ethyl adjacent to an activating group) is 1. The Bertz CT molecular complexity index is 410. The first-order valence-corrected chi connectivity index (χ1v) is 7.34. The van der Waals surface area contributed by atoms with Gasteiger partial charge in [-0.3, -0.25) is 4.90 Å². The summed E-state index contributed by atoms with van der Waals surface area (Å²) in [6, 6.07) is 4.93. The highest BCUT2D eigenvalue weighted by Gasteiger charge is 2.18. The fraction of sp³-hybridized carbons (Fsp3) is 0.647. The minimum absolute atomic E-state index is 0.332. The highest BCUT2D eigenvalue weighted by molar-refractivity contribution is 5.38. The first-order chi connectivity index (χ1) is 8.86. The Morgan fingerprint density at radius 2 is 1.63 bits per heavy atom. The van der Waals surface area contributed by atoms with Crippen LogP contribution in [0.2, 0.25) is 0 Å². The molecule has 0 spiro atoms. The standard InChI is InChI=1S/C17H30N2/c1-12(2)7-8-19(6)17(11-18)16-10-14(4)13(3)9-15(16)5/h9-10,12,17H,7-8,11,18H2,1-6H3. The maximum atomic E-state index is 6.03. The zero-order valence-corrected chi connectivity index (χ0v) is 13.5. The molecule has 0 aromatic heterocycles. The van der Waals surface area contributed by atoms with Crippen molar-refractivity contribution in [2.75, 3.05) is 20.1 Å². The van der Waals surface area contributed by atoms with Crippen molar-refractivity contribution >= 4 is 0 Å². The second-order valence-electron chi connectivity index (χ2n) is 6.21. The number of aryl methyl sites for hydroxylation is 3. The molecule has 1 aromatic rings. The number of nitrogens with two attached hydrogens (primary N) is 1. The second-order valence-corrected chi connectivity index (χ2v) is 6.21. The molecule has 0 heterocycles. The molecule has 0 fully saturated rings. The van der Waals surface area contributed by atoms with Gasteiger partial charge in [0.2, 0.25) is 0 Å². The summed E-state index contributed by atoms with van der Waals surface area (Å²) in [5.74, 6) is 0.738. The molecule has 2 heteroatoms. The van der Waals surface area contributed by atoms with E-state index in [0.717, 1.165) is 12.5 Å². The highest BCUT2D eigenvalue weighted by atomic mass is 15.1. The molecule has 1 unspecified atom stereocenters. The van der Waals surface area contributed by atoms with Crippen LogP contribution in [0, 0.1) is 26.7 Å². The summed E-state index contributed by atoms with van der Waals surface area (Å²) < 4.78 is 0. The molecule has 0 saturated heterocycles. The second kappa shape index (κ2) is 7.06. The number of nitrogens with zero attached hydrogens (tertiary/aromatic N) is 1. The molecule has 19 heavy (non-hydrogen) atoms. The Balaban J connectivity index is 2.93. The quantitative estimate of drug-likeness (QED) is 0.849. The van der Waals surface area contributed by atoms with Crippen LogP contribution in [0.1, 0.15) is 48.6 Å². The van der Waals surface area contributed by atoms with Crippen molar-refractivity contribution in [3.8, 4) is 0 Å². The summed E-state index contributed by atoms with van der Waals surface area (Å²) in [4.78, 5) is 2.40. The van der Waals surface area contributed by atoms with E-state index >= 15 is 0 Å². The molecular weight excluding hydrogens is 232 g/mol. The summed E-state index contributed by atoms with van der Waals surface area (Å²) in [6.45, 7) is 12.9. The third kappa shape index (κ3) is 4.32. The van der Waals surface area contributed by atoms with Gasteiger partial charge in [0.1, 0.15) is 0 Å². The molecule has 0 saturated carbocycles. The molecule has 0 bridgehead atoms. The van der Waals surface area contributed by atoms with E-state index in [-0.39, 0.29) is 0 Å². The Morgan fingerprint density at radius 3 is 2.16 bits per heavy atom. The Morgan fingerprint density at radius 1 is 1.05 bits per heavy atom. The van der Waals surface area contributed by atoms with Gasteiger partial charge in [0.15, 0.2) is 0 Å². The first-order valence-electron chi connectivity index (χ1n) is 7.34. The van der Waals surface area contributed by atoms with Crippen molar-refractivity contribution in [1.29, 1.82) is 0 Å². The topological polar surface area (TPSA) is 29.3 Å². The van der Waals surface area contributed by atoms with E-state index in [2.05, 4.69) is 58.7 Å². The van der Waals surface area contributed by atoms with E-state index in [1.807, 2.05) is 0 Å². The van der Waals surface area contributed by atoms with Crippen LogP contribution in [0.15, 0.2) is 12.1 Å². The normalized spacial score (nSPS) is 13.3. The first kappa shape index (κ1) is 16.2. The van der Waals surface area contributed by atoms with Crippen molar-refractivity contribution in [2.24, 2.45) is 11.7 Å². The monoisotopic (exact) mass is 262 g/mol. The Labute approximate surface area is 119 Å². The smallest absolute Gasteiger partial charge is 0.0470 e. The molecule has 0 radical (unpaired) electrons. The van der Waals surface area contributed by atoms with Gasteiger partial charge in [0.05, 0.1) is 0 Å². The van der Waals surface area contributed by atoms with Crippen LogP contribution in [0.25, 0.3) is 0 Å². The van der Waals surface area contributed by atoms with Gasteiger partial charge in [0, 0.05) is 12.6 Å². The van der Waals surface area contributed by atoms with Gasteiger partial charge in [-0.2, -0.15) is 0 Å². The minimum atomic E-state index is 0.332. The minimum Gasteiger partial charge on any atom is -0.329 e. The van der Waals surface area contributed by atoms with Crippen LogP contribution in [-0.2, 0) is 0 Å². The predicted octanol–water partition coefficient (Wildman–Crippen LogP) is 3.59. The number of benzene rings is 1. The number of hydrogen-bond acceptors (Lipinski definition) is 2. The molecule has 0 aliphatic rings. The van der Waals surface area contributed by atoms with E-state index in [1.54, 1.807) is 0 Å². The van der Waals surface area contributed by atoms with Crippen molar-refractivity contribution in [2.45, 2.75) is 47.1 Å². The fourth-order valence-electron chi connectivity index (χ4n) is 2.50. The molecule has 2 nitrogen and oxygen atoms in total. The summed E-state index contributed by atoms with van der Waals surface area (Å²) in [7, 11) is 2.19. The Kier molecular flexibility index (Phi) is 6.02. The van der Waals surface area contributed by atoms with Gasteiger partial charge in [-0.25, -0.2) is 0 Å². The van der Waals surface area contributed by atoms with Crippen LogP contribution >= 0.6 is 0 Å². The van der Waals surface area contributed by atoms with E-state index in [1.165, 1.54) is 28.7 Å². The molecule has 0 aliphatic carbocycles. The van der Waals surface area contributed by atoms with Crippen molar-refractivity contribution in [3.63, 3.8) is 0 Å². The summed E-state index contributed by atoms with van der Waals surface area (Å²) in [5, 5.41) is 0. The molecule has 1 atom stereocenters. The van der Waals surface area contributed by atoms with Gasteiger partial charge < -0.3 is 5.73 Å². The average molecular weight is 262 g/mol. The molecule has 2 N–H and O–H groups in total. The van der Waals surface area contributed by atoms with Crippen LogP contribution in [0.3, 0.4) is 0 Å². The summed E-state index contributed by atoms with van der Waals surface area (Å²) >= 11 is 0. The average Bonchev–Trinajstić information content (AvgIpc) is 2.33. The lowest BCUT2D eigenvalue weighted by molar-refractivity contribution is 0.235. The van der Waals surface area contributed by atoms with E-state index in [0.29, 0.717) is 12.6 Å². The third-order valence-corrected chi connectivity index (χ3v) is 4.06. The predicted molar refractivity (Wildman–Crippen MR) is 84.5 cm³/mol. The van der Waals surface area contributed by atoms with Gasteiger partial charge in [-0.1, -0.05) is 26.0 Å². The molecule has 1 aromatic carbocycles. The Hall–Kier alpha value is -0.860. The lowest BCUT2D eigenvalue weighted by atomic mass is 9.94. The maximum absolute atomic E-state index is 6.03. The van der Waals surface area contributed by atoms with E-state index < -0.39 is 0 Å². The van der Waals surface area contributed by atoms with Gasteiger partial charge in [-0.15, -0.1) is 0 Å². The van der Waals surface area contributed by atoms with Crippen LogP contribution in [-0.4, -0.2) is 25.0 Å². The molecule has 108 valence electrons. The lowest BCUT2D eigenvalue weighted by Crippen LogP contribution is -2.32. The van der Waals surface area contributed by atoms with E-state index in [9.17, 15) is 0 Å². The molecule has 0 aliphatic heterocycles. The zero-order valence-electron chi connectivity index (χ0n) is 13.5. The van der Waals surface area contributed by atoms with Crippen LogP contribution < -0.4 is 5.73 Å². The van der Waals surface area contributed by atoms with Crippen molar-refractivity contribution in [3.05, 3.63) is 34.4 Å². The van der Waals surface area contributed by atoms with Crippen LogP contribution in [0.5, 0.6) is 0 Å². The fourth-order valence-corrected chi connectivity index (χ4v) is 2.50. The highest BCUT2D eigenvalue weighted by Crippen LogP contribution is 2.25. The molecule has 1 rings (SSSR count). The molecule has 0 amide bonds. The largest absolute Gasteiger partial charge is 0.329 e. The van der Waals surface area contributed by atoms with Gasteiger partial charge >= 0.3 is 0 Å². The maximum Gasteiger partial charge on any atom is 0.0470 e. The SMILES string of the molecule is Cc1cc(C)c(C(CN)N(C)CCC(C)C)cc1C. The van der Waals surface area contributed by atoms with Crippen molar-refractivity contribution in [1.82, 2.24) is 4.90 Å². The summed E-state index contributed by atoms with van der Waals surface area (Å²) in [5.41, 5.74) is 11.5. The van der Waals surface area contributed by atoms with Crippen molar-refractivity contribution < 1.29 is 0 Å². The third-order valence-electron chi connectivity index (χ3n) is 4.06. The van der Waals surface area contributed by atoms with Gasteiger partial charge in [0.25, 0.3) is 0 Å². The van der Waals surface area contributed by atoms with Crippen LogP contribution in [0.4, 0.5) is 0 Å². The number of hydrogen-bond donors (Lipinski definition) is 1. The van der Waals surface area contributed by atoms with E-state index in [4.69, 9.17) is 5.73 Å². The lowest BCUT2D eigenvalue weighted by Gasteiger charge is -2.29. The zero-order chi connectivity index (χ0) is 14.6. The number of rotatable bonds is 6. The summed E-state index contributed by atoms with van der Waals surface area (Å²) in [6.07, 6.45) is 1.22.